The first-order chi connectivity index (χ1) is 7.60. The molecule has 0 aliphatic rings. The second kappa shape index (κ2) is 5.91. The molecule has 17 heavy (non-hydrogen) atoms. The van der Waals surface area contributed by atoms with Gasteiger partial charge in [-0.05, 0) is 6.82 Å². The zero-order valence-corrected chi connectivity index (χ0v) is 9.21. The van der Waals surface area contributed by atoms with Crippen molar-refractivity contribution in [3.63, 3.8) is 0 Å². The Morgan fingerprint density at radius 2 is 2.18 bits per heavy atom. The molecule has 0 saturated carbocycles. The average molecular weight is 272 g/mol. The molecule has 0 aromatic rings. The SMILES string of the molecule is CB(O)N=C([B]OC=N)NS(=O)(=O)C(F)(F)F. The van der Waals surface area contributed by atoms with E-state index in [9.17, 15) is 21.6 Å². The molecule has 0 fully saturated rings. The third-order valence-electron chi connectivity index (χ3n) is 1.12. The fourth-order valence-electron chi connectivity index (χ4n) is 0.576. The number of sulfonamides is 1. The molecule has 0 heterocycles. The highest BCUT2D eigenvalue weighted by Crippen LogP contribution is 2.21. The summed E-state index contributed by atoms with van der Waals surface area (Å²) in [6.07, 6.45) is 0.333. The van der Waals surface area contributed by atoms with E-state index in [-0.39, 0.29) is 0 Å². The molecule has 0 amide bonds. The van der Waals surface area contributed by atoms with Crippen molar-refractivity contribution < 1.29 is 31.3 Å². The zero-order valence-electron chi connectivity index (χ0n) is 8.39. The van der Waals surface area contributed by atoms with Gasteiger partial charge in [0.1, 0.15) is 12.1 Å². The van der Waals surface area contributed by atoms with Crippen molar-refractivity contribution in [1.29, 1.82) is 5.41 Å². The summed E-state index contributed by atoms with van der Waals surface area (Å²) >= 11 is 0. The summed E-state index contributed by atoms with van der Waals surface area (Å²) in [7, 11) is -6.67. The van der Waals surface area contributed by atoms with Crippen molar-refractivity contribution in [2.75, 3.05) is 0 Å². The van der Waals surface area contributed by atoms with Crippen LogP contribution >= 0.6 is 0 Å². The zero-order chi connectivity index (χ0) is 13.7. The monoisotopic (exact) mass is 272 g/mol. The van der Waals surface area contributed by atoms with Crippen molar-refractivity contribution in [2.24, 2.45) is 4.90 Å². The summed E-state index contributed by atoms with van der Waals surface area (Å²) < 4.78 is 62.5. The molecule has 13 heteroatoms. The summed E-state index contributed by atoms with van der Waals surface area (Å²) in [5.74, 6) is 0. The Hall–Kier alpha value is -1.23. The first-order valence-corrected chi connectivity index (χ1v) is 5.41. The van der Waals surface area contributed by atoms with Gasteiger partial charge in [0.05, 0.1) is 0 Å². The Balaban J connectivity index is 4.94. The second-order valence-corrected chi connectivity index (χ2v) is 4.24. The number of nitrogens with one attached hydrogen (secondary N) is 2. The molecule has 95 valence electrons. The van der Waals surface area contributed by atoms with Crippen molar-refractivity contribution in [3.8, 4) is 0 Å². The minimum atomic E-state index is -5.65. The molecule has 0 aromatic carbocycles. The van der Waals surface area contributed by atoms with Crippen LogP contribution in [0.4, 0.5) is 13.2 Å². The predicted molar refractivity (Wildman–Crippen MR) is 55.0 cm³/mol. The first kappa shape index (κ1) is 15.8. The van der Waals surface area contributed by atoms with Gasteiger partial charge in [0.2, 0.25) is 0 Å². The van der Waals surface area contributed by atoms with Crippen LogP contribution in [-0.4, -0.2) is 45.6 Å². The molecule has 0 bridgehead atoms. The van der Waals surface area contributed by atoms with Crippen molar-refractivity contribution in [2.45, 2.75) is 12.3 Å². The minimum Gasteiger partial charge on any atom is -0.548 e. The number of amidine groups is 1. The van der Waals surface area contributed by atoms with Gasteiger partial charge in [0.15, 0.2) is 0 Å². The van der Waals surface area contributed by atoms with Crippen LogP contribution in [0.3, 0.4) is 0 Å². The van der Waals surface area contributed by atoms with Gasteiger partial charge in [-0.2, -0.15) is 21.6 Å². The smallest absolute Gasteiger partial charge is 0.516 e. The Morgan fingerprint density at radius 3 is 2.53 bits per heavy atom. The van der Waals surface area contributed by atoms with Crippen LogP contribution in [0.1, 0.15) is 0 Å². The van der Waals surface area contributed by atoms with E-state index in [4.69, 9.17) is 10.4 Å². The highest BCUT2D eigenvalue weighted by atomic mass is 32.2. The van der Waals surface area contributed by atoms with E-state index in [0.717, 1.165) is 11.5 Å². The molecule has 0 aliphatic heterocycles. The van der Waals surface area contributed by atoms with E-state index < -0.39 is 28.3 Å². The summed E-state index contributed by atoms with van der Waals surface area (Å²) in [4.78, 5) is 3.11. The Kier molecular flexibility index (Phi) is 5.48. The second-order valence-electron chi connectivity index (χ2n) is 2.57. The minimum absolute atomic E-state index is 0.333. The molecule has 1 radical (unpaired) electrons. The third-order valence-corrected chi connectivity index (χ3v) is 2.20. The number of hydrogen-bond acceptors (Lipinski definition) is 6. The van der Waals surface area contributed by atoms with E-state index in [1.165, 1.54) is 0 Å². The summed E-state index contributed by atoms with van der Waals surface area (Å²) in [5.41, 5.74) is -6.41. The van der Waals surface area contributed by atoms with Gasteiger partial charge in [0, 0.05) is 0 Å². The number of rotatable bonds is 5. The molecule has 0 unspecified atom stereocenters. The fourth-order valence-corrected chi connectivity index (χ4v) is 1.07. The van der Waals surface area contributed by atoms with Crippen LogP contribution in [0.5, 0.6) is 0 Å². The highest BCUT2D eigenvalue weighted by Gasteiger charge is 2.46. The summed E-state index contributed by atoms with van der Waals surface area (Å²) in [5, 5.41) is 15.2. The largest absolute Gasteiger partial charge is 0.548 e. The van der Waals surface area contributed by atoms with E-state index in [1.54, 1.807) is 0 Å². The van der Waals surface area contributed by atoms with Crippen molar-refractivity contribution in [1.82, 2.24) is 4.72 Å². The van der Waals surface area contributed by atoms with Gasteiger partial charge < -0.3 is 14.6 Å². The molecule has 0 aromatic heterocycles. The van der Waals surface area contributed by atoms with Gasteiger partial charge in [-0.1, -0.05) is 0 Å². The highest BCUT2D eigenvalue weighted by molar-refractivity contribution is 7.91. The molecule has 0 atom stereocenters. The predicted octanol–water partition coefficient (Wildman–Crippen LogP) is -0.865. The topological polar surface area (TPSA) is 112 Å². The van der Waals surface area contributed by atoms with E-state index >= 15 is 0 Å². The van der Waals surface area contributed by atoms with Gasteiger partial charge in [-0.3, -0.25) is 10.1 Å². The number of nitrogens with zero attached hydrogens (tertiary/aromatic N) is 1. The molecular weight excluding hydrogens is 265 g/mol. The van der Waals surface area contributed by atoms with Gasteiger partial charge in [0.25, 0.3) is 0 Å². The lowest BCUT2D eigenvalue weighted by Crippen LogP contribution is -2.43. The Labute approximate surface area is 96.0 Å². The van der Waals surface area contributed by atoms with E-state index in [0.29, 0.717) is 13.9 Å². The van der Waals surface area contributed by atoms with Crippen LogP contribution in [-0.2, 0) is 14.7 Å². The normalized spacial score (nSPS) is 12.9. The average Bonchev–Trinajstić information content (AvgIpc) is 2.10. The van der Waals surface area contributed by atoms with E-state index in [2.05, 4.69) is 9.56 Å². The maximum Gasteiger partial charge on any atom is 0.516 e. The third kappa shape index (κ3) is 5.58. The molecule has 7 nitrogen and oxygen atoms in total. The lowest BCUT2D eigenvalue weighted by molar-refractivity contribution is -0.0442. The van der Waals surface area contributed by atoms with Crippen LogP contribution < -0.4 is 4.72 Å². The quantitative estimate of drug-likeness (QED) is 0.343. The number of hydrogen-bond donors (Lipinski definition) is 3. The first-order valence-electron chi connectivity index (χ1n) is 3.92. The molecule has 0 rings (SSSR count). The number of halogens is 3. The van der Waals surface area contributed by atoms with Gasteiger partial charge in [-0.15, -0.1) is 0 Å². The fraction of sp³-hybridized carbons (Fsp3) is 0.500. The molecular formula is C4H7B2F3N3O4S. The summed E-state index contributed by atoms with van der Waals surface area (Å²) in [6, 6.07) is 0. The molecule has 3 N–H and O–H groups in total. The maximum atomic E-state index is 12.0. The Bertz CT molecular complexity index is 395. The summed E-state index contributed by atoms with van der Waals surface area (Å²) in [6.45, 7) is 1.08. The van der Waals surface area contributed by atoms with Gasteiger partial charge in [-0.25, -0.2) is 0 Å². The van der Waals surface area contributed by atoms with Crippen molar-refractivity contribution in [3.05, 3.63) is 0 Å². The lowest BCUT2D eigenvalue weighted by atomic mass is 9.87. The molecule has 0 aliphatic carbocycles. The van der Waals surface area contributed by atoms with Crippen LogP contribution in [0.2, 0.25) is 6.82 Å². The number of alkyl halides is 3. The standard InChI is InChI=1S/C4H7B2F3N3O4S/c1-6(13)11-3(5-16-2-10)12-17(14,15)4(7,8)9/h2,10,13H,1H3,(H,11,12). The Morgan fingerprint density at radius 1 is 1.65 bits per heavy atom. The molecule has 0 saturated heterocycles. The maximum absolute atomic E-state index is 12.0. The van der Waals surface area contributed by atoms with Gasteiger partial charge >= 0.3 is 30.1 Å². The van der Waals surface area contributed by atoms with Crippen LogP contribution in [0.25, 0.3) is 0 Å². The molecule has 0 spiro atoms. The van der Waals surface area contributed by atoms with E-state index in [1.807, 2.05) is 0 Å². The van der Waals surface area contributed by atoms with Crippen molar-refractivity contribution >= 4 is 36.7 Å². The van der Waals surface area contributed by atoms with Crippen LogP contribution in [0.15, 0.2) is 4.90 Å². The lowest BCUT2D eigenvalue weighted by Gasteiger charge is -2.11. The van der Waals surface area contributed by atoms with Crippen LogP contribution in [0, 0.1) is 5.41 Å².